The molecule has 0 bridgehead atoms. The first-order valence-corrected chi connectivity index (χ1v) is 7.64. The Morgan fingerprint density at radius 1 is 1.08 bits per heavy atom. The molecule has 1 saturated heterocycles. The Morgan fingerprint density at radius 2 is 1.92 bits per heavy atom. The van der Waals surface area contributed by atoms with Gasteiger partial charge in [0.2, 0.25) is 11.8 Å². The van der Waals surface area contributed by atoms with E-state index in [9.17, 15) is 4.39 Å². The Bertz CT molecular complexity index is 880. The van der Waals surface area contributed by atoms with E-state index in [1.54, 1.807) is 18.2 Å². The summed E-state index contributed by atoms with van der Waals surface area (Å²) in [5, 5.41) is 0. The molecule has 3 aromatic rings. The number of nitrogens with zero attached hydrogens (tertiary/aromatic N) is 3. The molecule has 0 saturated carbocycles. The molecule has 1 aromatic carbocycles. The topological polar surface area (TPSA) is 83.2 Å². The van der Waals surface area contributed by atoms with Crippen molar-refractivity contribution in [2.24, 2.45) is 0 Å². The quantitative estimate of drug-likeness (QED) is 0.796. The number of benzene rings is 1. The highest BCUT2D eigenvalue weighted by atomic mass is 19.1. The van der Waals surface area contributed by atoms with Crippen molar-refractivity contribution in [3.63, 3.8) is 0 Å². The van der Waals surface area contributed by atoms with E-state index in [1.165, 1.54) is 12.1 Å². The third-order valence-corrected chi connectivity index (χ3v) is 3.83. The third kappa shape index (κ3) is 2.85. The van der Waals surface area contributed by atoms with E-state index < -0.39 is 0 Å². The van der Waals surface area contributed by atoms with E-state index in [2.05, 4.69) is 15.0 Å². The van der Waals surface area contributed by atoms with Crippen molar-refractivity contribution in [3.8, 4) is 17.1 Å². The van der Waals surface area contributed by atoms with Crippen LogP contribution in [0.4, 0.5) is 10.3 Å². The fourth-order valence-corrected chi connectivity index (χ4v) is 2.63. The monoisotopic (exact) mass is 326 g/mol. The first kappa shape index (κ1) is 14.8. The molecule has 0 radical (unpaired) electrons. The molecule has 1 aliphatic heterocycles. The third-order valence-electron chi connectivity index (χ3n) is 3.83. The average molecular weight is 326 g/mol. The molecule has 1 fully saturated rings. The minimum Gasteiger partial charge on any atom is -0.470 e. The number of ether oxygens (including phenoxy) is 2. The molecule has 0 aliphatic carbocycles. The smallest absolute Gasteiger partial charge is 0.245 e. The molecular weight excluding hydrogens is 311 g/mol. The maximum Gasteiger partial charge on any atom is 0.245 e. The first-order valence-electron chi connectivity index (χ1n) is 7.64. The van der Waals surface area contributed by atoms with Crippen molar-refractivity contribution in [3.05, 3.63) is 42.2 Å². The fraction of sp³-hybridized carbons (Fsp3) is 0.235. The van der Waals surface area contributed by atoms with Crippen molar-refractivity contribution >= 4 is 17.0 Å². The van der Waals surface area contributed by atoms with Gasteiger partial charge in [-0.05, 0) is 36.4 Å². The lowest BCUT2D eigenvalue weighted by Gasteiger charge is -2.13. The summed E-state index contributed by atoms with van der Waals surface area (Å²) in [6.07, 6.45) is 0.724. The van der Waals surface area contributed by atoms with Crippen molar-refractivity contribution in [2.75, 3.05) is 18.9 Å². The maximum atomic E-state index is 13.1. The largest absolute Gasteiger partial charge is 0.470 e. The van der Waals surface area contributed by atoms with Gasteiger partial charge in [0.05, 0.1) is 24.4 Å². The minimum absolute atomic E-state index is 0.0706. The molecule has 7 heteroatoms. The van der Waals surface area contributed by atoms with Gasteiger partial charge in [0.25, 0.3) is 0 Å². The predicted octanol–water partition coefficient (Wildman–Crippen LogP) is 2.58. The molecule has 3 heterocycles. The Morgan fingerprint density at radius 3 is 2.67 bits per heavy atom. The molecule has 24 heavy (non-hydrogen) atoms. The van der Waals surface area contributed by atoms with E-state index in [-0.39, 0.29) is 17.9 Å². The molecule has 1 aliphatic rings. The van der Waals surface area contributed by atoms with Crippen LogP contribution in [0.3, 0.4) is 0 Å². The van der Waals surface area contributed by atoms with Crippen LogP contribution >= 0.6 is 0 Å². The van der Waals surface area contributed by atoms with E-state index in [0.717, 1.165) is 12.0 Å². The van der Waals surface area contributed by atoms with Gasteiger partial charge < -0.3 is 15.2 Å². The Balaban J connectivity index is 1.78. The summed E-state index contributed by atoms with van der Waals surface area (Å²) in [5.74, 6) is 0.186. The molecular formula is C17H15FN4O2. The highest BCUT2D eigenvalue weighted by Crippen LogP contribution is 2.27. The number of anilines is 1. The fourth-order valence-electron chi connectivity index (χ4n) is 2.63. The molecule has 0 spiro atoms. The molecule has 4 rings (SSSR count). The molecule has 6 nitrogen and oxygen atoms in total. The zero-order chi connectivity index (χ0) is 16.5. The molecule has 2 aromatic heterocycles. The number of pyridine rings is 1. The van der Waals surface area contributed by atoms with Crippen LogP contribution in [0.2, 0.25) is 0 Å². The van der Waals surface area contributed by atoms with Crippen LogP contribution in [-0.4, -0.2) is 34.3 Å². The molecule has 0 amide bonds. The zero-order valence-electron chi connectivity index (χ0n) is 12.8. The van der Waals surface area contributed by atoms with Gasteiger partial charge >= 0.3 is 0 Å². The molecule has 0 unspecified atom stereocenters. The van der Waals surface area contributed by atoms with Crippen molar-refractivity contribution < 1.29 is 13.9 Å². The summed E-state index contributed by atoms with van der Waals surface area (Å²) < 4.78 is 24.3. The van der Waals surface area contributed by atoms with E-state index in [0.29, 0.717) is 35.8 Å². The zero-order valence-corrected chi connectivity index (χ0v) is 12.8. The summed E-state index contributed by atoms with van der Waals surface area (Å²) in [6, 6.07) is 9.75. The van der Waals surface area contributed by atoms with E-state index >= 15 is 0 Å². The lowest BCUT2D eigenvalue weighted by atomic mass is 10.1. The standard InChI is InChI=1S/C17H15FN4O2/c18-11-3-1-10(2-4-11)13-5-6-14-15(20-13)16(22-17(19)21-14)24-12-7-8-23-9-12/h1-6,12H,7-9H2,(H2,19,21,22)/t12-/m0/s1. The molecule has 2 N–H and O–H groups in total. The second-order valence-electron chi connectivity index (χ2n) is 5.56. The van der Waals surface area contributed by atoms with Crippen molar-refractivity contribution in [2.45, 2.75) is 12.5 Å². The van der Waals surface area contributed by atoms with Crippen LogP contribution in [0.15, 0.2) is 36.4 Å². The average Bonchev–Trinajstić information content (AvgIpc) is 3.08. The predicted molar refractivity (Wildman–Crippen MR) is 87.0 cm³/mol. The number of hydrogen-bond acceptors (Lipinski definition) is 6. The lowest BCUT2D eigenvalue weighted by molar-refractivity contribution is 0.139. The Hall–Kier alpha value is -2.80. The van der Waals surface area contributed by atoms with E-state index in [1.807, 2.05) is 6.07 Å². The van der Waals surface area contributed by atoms with Gasteiger partial charge in [-0.1, -0.05) is 0 Å². The van der Waals surface area contributed by atoms with Crippen molar-refractivity contribution in [1.82, 2.24) is 15.0 Å². The summed E-state index contributed by atoms with van der Waals surface area (Å²) in [5.41, 5.74) is 8.37. The second kappa shape index (κ2) is 6.01. The van der Waals surface area contributed by atoms with Crippen LogP contribution in [0.25, 0.3) is 22.3 Å². The van der Waals surface area contributed by atoms with Gasteiger partial charge in [0, 0.05) is 12.0 Å². The van der Waals surface area contributed by atoms with Crippen LogP contribution in [0.1, 0.15) is 6.42 Å². The Kier molecular flexibility index (Phi) is 3.70. The normalized spacial score (nSPS) is 17.3. The summed E-state index contributed by atoms with van der Waals surface area (Å²) in [7, 11) is 0. The first-order chi connectivity index (χ1) is 11.7. The maximum absolute atomic E-state index is 13.1. The SMILES string of the molecule is Nc1nc(O[C@H]2CCOC2)c2nc(-c3ccc(F)cc3)ccc2n1. The van der Waals surface area contributed by atoms with Gasteiger partial charge in [-0.2, -0.15) is 4.98 Å². The van der Waals surface area contributed by atoms with Crippen LogP contribution in [-0.2, 0) is 4.74 Å². The Labute approximate surface area is 137 Å². The van der Waals surface area contributed by atoms with Gasteiger partial charge in [-0.15, -0.1) is 0 Å². The molecule has 122 valence electrons. The summed E-state index contributed by atoms with van der Waals surface area (Å²) in [6.45, 7) is 1.18. The van der Waals surface area contributed by atoms with Crippen molar-refractivity contribution in [1.29, 1.82) is 0 Å². The number of halogens is 1. The molecule has 1 atom stereocenters. The van der Waals surface area contributed by atoms with Crippen LogP contribution < -0.4 is 10.5 Å². The summed E-state index contributed by atoms with van der Waals surface area (Å²) >= 11 is 0. The number of hydrogen-bond donors (Lipinski definition) is 1. The van der Waals surface area contributed by atoms with Gasteiger partial charge in [-0.3, -0.25) is 0 Å². The highest BCUT2D eigenvalue weighted by Gasteiger charge is 2.20. The number of nitrogens with two attached hydrogens (primary N) is 1. The number of aromatic nitrogens is 3. The lowest BCUT2D eigenvalue weighted by Crippen LogP contribution is -2.17. The van der Waals surface area contributed by atoms with Gasteiger partial charge in [0.15, 0.2) is 5.52 Å². The number of nitrogen functional groups attached to an aromatic ring is 1. The number of fused-ring (bicyclic) bond motifs is 1. The summed E-state index contributed by atoms with van der Waals surface area (Å²) in [4.78, 5) is 13.0. The second-order valence-corrected chi connectivity index (χ2v) is 5.56. The minimum atomic E-state index is -0.291. The van der Waals surface area contributed by atoms with E-state index in [4.69, 9.17) is 15.2 Å². The van der Waals surface area contributed by atoms with Crippen LogP contribution in [0, 0.1) is 5.82 Å². The van der Waals surface area contributed by atoms with Crippen LogP contribution in [0.5, 0.6) is 5.88 Å². The number of rotatable bonds is 3. The van der Waals surface area contributed by atoms with Gasteiger partial charge in [0.1, 0.15) is 11.9 Å². The van der Waals surface area contributed by atoms with Gasteiger partial charge in [-0.25, -0.2) is 14.4 Å². The highest BCUT2D eigenvalue weighted by molar-refractivity contribution is 5.83.